The summed E-state index contributed by atoms with van der Waals surface area (Å²) in [6.45, 7) is 5.72. The number of nitrogens with zero attached hydrogens (tertiary/aromatic N) is 2. The van der Waals surface area contributed by atoms with Crippen molar-refractivity contribution in [2.24, 2.45) is 0 Å². The molecule has 0 saturated carbocycles. The molecule has 22 heavy (non-hydrogen) atoms. The van der Waals surface area contributed by atoms with Gasteiger partial charge in [0.1, 0.15) is 11.5 Å². The summed E-state index contributed by atoms with van der Waals surface area (Å²) >= 11 is 0. The molecule has 1 N–H and O–H groups in total. The average Bonchev–Trinajstić information content (AvgIpc) is 3.07. The number of hydrogen-bond donors (Lipinski definition) is 1. The molecule has 0 unspecified atom stereocenters. The van der Waals surface area contributed by atoms with Crippen LogP contribution in [0.25, 0.3) is 11.5 Å². The molecule has 0 aliphatic carbocycles. The Morgan fingerprint density at radius 1 is 1.41 bits per heavy atom. The zero-order chi connectivity index (χ0) is 15.7. The second kappa shape index (κ2) is 5.89. The molecule has 1 aliphatic heterocycles. The number of aromatic nitrogens is 2. The third-order valence-corrected chi connectivity index (χ3v) is 6.47. The van der Waals surface area contributed by atoms with Gasteiger partial charge in [0.15, 0.2) is 15.6 Å². The number of H-pyrrole nitrogens is 1. The first kappa shape index (κ1) is 15.3. The van der Waals surface area contributed by atoms with Gasteiger partial charge in [-0.15, -0.1) is 0 Å². The van der Waals surface area contributed by atoms with Crippen LogP contribution in [0.1, 0.15) is 24.7 Å². The maximum atomic E-state index is 12.0. The zero-order valence-electron chi connectivity index (χ0n) is 12.9. The second-order valence-corrected chi connectivity index (χ2v) is 8.46. The minimum atomic E-state index is -2.95. The van der Waals surface area contributed by atoms with Gasteiger partial charge in [-0.3, -0.25) is 10.00 Å². The van der Waals surface area contributed by atoms with E-state index in [9.17, 15) is 8.42 Å². The van der Waals surface area contributed by atoms with E-state index in [0.29, 0.717) is 19.5 Å². The van der Waals surface area contributed by atoms with Crippen LogP contribution in [0.2, 0.25) is 0 Å². The van der Waals surface area contributed by atoms with Gasteiger partial charge in [0.05, 0.1) is 17.2 Å². The van der Waals surface area contributed by atoms with Crippen molar-refractivity contribution >= 4 is 9.84 Å². The SMILES string of the molecule is Cc1ccc(-c2[nH]ncc2CN2CC[C@@H](C)S(=O)(=O)CC2)o1. The number of rotatable bonds is 3. The lowest BCUT2D eigenvalue weighted by atomic mass is 10.2. The van der Waals surface area contributed by atoms with E-state index < -0.39 is 9.84 Å². The largest absolute Gasteiger partial charge is 0.460 e. The number of hydrogen-bond acceptors (Lipinski definition) is 5. The minimum Gasteiger partial charge on any atom is -0.460 e. The molecule has 0 radical (unpaired) electrons. The molecule has 0 amide bonds. The maximum absolute atomic E-state index is 12.0. The molecule has 3 rings (SSSR count). The second-order valence-electron chi connectivity index (χ2n) is 5.92. The Hall–Kier alpha value is -1.60. The first-order chi connectivity index (χ1) is 10.5. The molecular weight excluding hydrogens is 302 g/mol. The first-order valence-corrected chi connectivity index (χ1v) is 9.20. The fraction of sp³-hybridized carbons (Fsp3) is 0.533. The minimum absolute atomic E-state index is 0.223. The molecule has 0 bridgehead atoms. The molecule has 0 spiro atoms. The zero-order valence-corrected chi connectivity index (χ0v) is 13.7. The van der Waals surface area contributed by atoms with Crippen LogP contribution in [0, 0.1) is 6.92 Å². The van der Waals surface area contributed by atoms with Crippen LogP contribution in [0.3, 0.4) is 0 Å². The quantitative estimate of drug-likeness (QED) is 0.934. The number of furan rings is 1. The lowest BCUT2D eigenvalue weighted by Gasteiger charge is -2.18. The molecule has 0 aromatic carbocycles. The summed E-state index contributed by atoms with van der Waals surface area (Å²) in [4.78, 5) is 2.17. The number of aryl methyl sites for hydroxylation is 1. The smallest absolute Gasteiger partial charge is 0.154 e. The summed E-state index contributed by atoms with van der Waals surface area (Å²) in [7, 11) is -2.95. The molecule has 2 aromatic heterocycles. The Balaban J connectivity index is 1.76. The summed E-state index contributed by atoms with van der Waals surface area (Å²) in [5, 5.41) is 6.83. The fourth-order valence-electron chi connectivity index (χ4n) is 2.73. The van der Waals surface area contributed by atoms with Gasteiger partial charge in [-0.25, -0.2) is 8.42 Å². The van der Waals surface area contributed by atoms with Crippen LogP contribution in [0.15, 0.2) is 22.7 Å². The molecule has 1 saturated heterocycles. The van der Waals surface area contributed by atoms with Crippen LogP contribution in [-0.2, 0) is 16.4 Å². The Morgan fingerprint density at radius 3 is 2.95 bits per heavy atom. The average molecular weight is 323 g/mol. The summed E-state index contributed by atoms with van der Waals surface area (Å²) in [5.74, 6) is 1.84. The van der Waals surface area contributed by atoms with Gasteiger partial charge in [-0.05, 0) is 38.9 Å². The van der Waals surface area contributed by atoms with E-state index in [2.05, 4.69) is 15.1 Å². The van der Waals surface area contributed by atoms with Crippen LogP contribution in [0.5, 0.6) is 0 Å². The van der Waals surface area contributed by atoms with Crippen molar-refractivity contribution < 1.29 is 12.8 Å². The van der Waals surface area contributed by atoms with Gasteiger partial charge in [-0.2, -0.15) is 5.10 Å². The third-order valence-electron chi connectivity index (χ3n) is 4.26. The molecule has 7 heteroatoms. The van der Waals surface area contributed by atoms with Crippen LogP contribution >= 0.6 is 0 Å². The lowest BCUT2D eigenvalue weighted by Crippen LogP contribution is -2.26. The van der Waals surface area contributed by atoms with Crippen molar-refractivity contribution in [2.75, 3.05) is 18.8 Å². The topological polar surface area (TPSA) is 79.2 Å². The van der Waals surface area contributed by atoms with Gasteiger partial charge in [0, 0.05) is 18.7 Å². The van der Waals surface area contributed by atoms with E-state index in [4.69, 9.17) is 4.42 Å². The fourth-order valence-corrected chi connectivity index (χ4v) is 4.11. The maximum Gasteiger partial charge on any atom is 0.154 e. The Kier molecular flexibility index (Phi) is 4.10. The monoisotopic (exact) mass is 323 g/mol. The van der Waals surface area contributed by atoms with Gasteiger partial charge in [-0.1, -0.05) is 0 Å². The van der Waals surface area contributed by atoms with Gasteiger partial charge in [0.2, 0.25) is 0 Å². The molecule has 3 heterocycles. The highest BCUT2D eigenvalue weighted by Gasteiger charge is 2.26. The van der Waals surface area contributed by atoms with Gasteiger partial charge < -0.3 is 4.42 Å². The summed E-state index contributed by atoms with van der Waals surface area (Å²) < 4.78 is 29.6. The molecule has 1 atom stereocenters. The molecular formula is C15H21N3O3S. The first-order valence-electron chi connectivity index (χ1n) is 7.48. The predicted molar refractivity (Wildman–Crippen MR) is 84.2 cm³/mol. The lowest BCUT2D eigenvalue weighted by molar-refractivity contribution is 0.284. The number of aromatic amines is 1. The van der Waals surface area contributed by atoms with E-state index in [-0.39, 0.29) is 11.0 Å². The normalized spacial score (nSPS) is 22.5. The van der Waals surface area contributed by atoms with Gasteiger partial charge >= 0.3 is 0 Å². The Morgan fingerprint density at radius 2 is 2.23 bits per heavy atom. The van der Waals surface area contributed by atoms with Crippen molar-refractivity contribution in [1.29, 1.82) is 0 Å². The molecule has 1 fully saturated rings. The Labute approximate surface area is 130 Å². The highest BCUT2D eigenvalue weighted by Crippen LogP contribution is 2.25. The van der Waals surface area contributed by atoms with Crippen LogP contribution < -0.4 is 0 Å². The summed E-state index contributed by atoms with van der Waals surface area (Å²) in [6, 6.07) is 3.83. The van der Waals surface area contributed by atoms with Crippen molar-refractivity contribution in [3.63, 3.8) is 0 Å². The van der Waals surface area contributed by atoms with Crippen molar-refractivity contribution in [3.05, 3.63) is 29.7 Å². The van der Waals surface area contributed by atoms with Crippen LogP contribution in [0.4, 0.5) is 0 Å². The third kappa shape index (κ3) is 3.10. The van der Waals surface area contributed by atoms with Crippen molar-refractivity contribution in [1.82, 2.24) is 15.1 Å². The highest BCUT2D eigenvalue weighted by atomic mass is 32.2. The molecule has 1 aliphatic rings. The van der Waals surface area contributed by atoms with Crippen molar-refractivity contribution in [3.8, 4) is 11.5 Å². The molecule has 6 nitrogen and oxygen atoms in total. The van der Waals surface area contributed by atoms with E-state index in [1.54, 1.807) is 13.1 Å². The highest BCUT2D eigenvalue weighted by molar-refractivity contribution is 7.92. The van der Waals surface area contributed by atoms with Crippen LogP contribution in [-0.4, -0.2) is 47.6 Å². The van der Waals surface area contributed by atoms with E-state index >= 15 is 0 Å². The van der Waals surface area contributed by atoms with E-state index in [1.165, 1.54) is 0 Å². The molecule has 2 aromatic rings. The summed E-state index contributed by atoms with van der Waals surface area (Å²) in [5.41, 5.74) is 1.90. The molecule has 120 valence electrons. The number of sulfone groups is 1. The Bertz CT molecular complexity index is 748. The van der Waals surface area contributed by atoms with Gasteiger partial charge in [0.25, 0.3) is 0 Å². The predicted octanol–water partition coefficient (Wildman–Crippen LogP) is 1.99. The van der Waals surface area contributed by atoms with Crippen molar-refractivity contribution in [2.45, 2.75) is 32.1 Å². The standard InChI is InChI=1S/C15H21N3O3S/c1-11-3-4-14(21-11)15-13(9-16-17-15)10-18-6-5-12(2)22(19,20)8-7-18/h3-4,9,12H,5-8,10H2,1-2H3,(H,16,17)/t12-/m1/s1. The van der Waals surface area contributed by atoms with E-state index in [1.807, 2.05) is 19.1 Å². The number of nitrogens with one attached hydrogen (secondary N) is 1. The summed E-state index contributed by atoms with van der Waals surface area (Å²) in [6.07, 6.45) is 2.46. The van der Waals surface area contributed by atoms with E-state index in [0.717, 1.165) is 29.3 Å².